The van der Waals surface area contributed by atoms with Crippen molar-refractivity contribution in [2.45, 2.75) is 25.8 Å². The standard InChI is InChI=1S/C9H16N2O2S/c1-3-14-9-10-6(2)7(4-5-12)8(13)11-9/h9-10,12H,3-5H2,1-2H3,(H,11,13). The van der Waals surface area contributed by atoms with Crippen LogP contribution in [0.2, 0.25) is 0 Å². The van der Waals surface area contributed by atoms with Crippen molar-refractivity contribution in [3.8, 4) is 0 Å². The van der Waals surface area contributed by atoms with Gasteiger partial charge in [0.2, 0.25) is 0 Å². The second-order valence-corrected chi connectivity index (χ2v) is 4.41. The van der Waals surface area contributed by atoms with Gasteiger partial charge in [-0.05, 0) is 12.7 Å². The first kappa shape index (κ1) is 11.4. The lowest BCUT2D eigenvalue weighted by atomic mass is 10.1. The van der Waals surface area contributed by atoms with Crippen molar-refractivity contribution in [2.24, 2.45) is 0 Å². The first-order valence-electron chi connectivity index (χ1n) is 4.68. The quantitative estimate of drug-likeness (QED) is 0.636. The topological polar surface area (TPSA) is 61.4 Å². The number of aliphatic hydroxyl groups is 1. The van der Waals surface area contributed by atoms with Gasteiger partial charge < -0.3 is 15.7 Å². The van der Waals surface area contributed by atoms with Crippen LogP contribution in [0.25, 0.3) is 0 Å². The van der Waals surface area contributed by atoms with E-state index in [4.69, 9.17) is 5.11 Å². The van der Waals surface area contributed by atoms with Gasteiger partial charge >= 0.3 is 0 Å². The van der Waals surface area contributed by atoms with Gasteiger partial charge in [0.15, 0.2) is 0 Å². The summed E-state index contributed by atoms with van der Waals surface area (Å²) in [6, 6.07) is 0. The molecule has 1 rings (SSSR count). The number of thioether (sulfide) groups is 1. The number of allylic oxidation sites excluding steroid dienone is 1. The molecular weight excluding hydrogens is 200 g/mol. The van der Waals surface area contributed by atoms with E-state index >= 15 is 0 Å². The summed E-state index contributed by atoms with van der Waals surface area (Å²) in [6.45, 7) is 3.92. The minimum atomic E-state index is -0.0683. The highest BCUT2D eigenvalue weighted by molar-refractivity contribution is 7.99. The van der Waals surface area contributed by atoms with Crippen molar-refractivity contribution in [3.63, 3.8) is 0 Å². The van der Waals surface area contributed by atoms with Gasteiger partial charge in [0.05, 0.1) is 0 Å². The fraction of sp³-hybridized carbons (Fsp3) is 0.667. The molecule has 5 heteroatoms. The van der Waals surface area contributed by atoms with Crippen molar-refractivity contribution in [3.05, 3.63) is 11.3 Å². The Labute approximate surface area is 88.1 Å². The van der Waals surface area contributed by atoms with Crippen LogP contribution in [0.3, 0.4) is 0 Å². The van der Waals surface area contributed by atoms with Crippen molar-refractivity contribution >= 4 is 17.7 Å². The molecule has 0 spiro atoms. The minimum absolute atomic E-state index is 0.00730. The van der Waals surface area contributed by atoms with Gasteiger partial charge in [0, 0.05) is 24.3 Å². The Kier molecular flexibility index (Phi) is 4.28. The van der Waals surface area contributed by atoms with Crippen LogP contribution in [0.15, 0.2) is 11.3 Å². The summed E-state index contributed by atoms with van der Waals surface area (Å²) in [5, 5.41) is 14.8. The second kappa shape index (κ2) is 5.26. The van der Waals surface area contributed by atoms with E-state index in [1.54, 1.807) is 11.8 Å². The fourth-order valence-corrected chi connectivity index (χ4v) is 2.14. The number of rotatable bonds is 4. The summed E-state index contributed by atoms with van der Waals surface area (Å²) in [7, 11) is 0. The molecule has 1 amide bonds. The number of hydrogen-bond acceptors (Lipinski definition) is 4. The molecule has 80 valence electrons. The molecule has 0 bridgehead atoms. The van der Waals surface area contributed by atoms with Crippen molar-refractivity contribution in [2.75, 3.05) is 12.4 Å². The zero-order valence-electron chi connectivity index (χ0n) is 8.46. The van der Waals surface area contributed by atoms with Gasteiger partial charge in [-0.15, -0.1) is 11.8 Å². The molecule has 0 aliphatic carbocycles. The van der Waals surface area contributed by atoms with Crippen molar-refractivity contribution in [1.82, 2.24) is 10.6 Å². The zero-order valence-corrected chi connectivity index (χ0v) is 9.28. The van der Waals surface area contributed by atoms with Crippen molar-refractivity contribution < 1.29 is 9.90 Å². The van der Waals surface area contributed by atoms with Crippen LogP contribution < -0.4 is 10.6 Å². The third-order valence-electron chi connectivity index (χ3n) is 2.03. The molecule has 1 unspecified atom stereocenters. The molecule has 0 aromatic rings. The van der Waals surface area contributed by atoms with Crippen LogP contribution in [-0.4, -0.2) is 28.9 Å². The van der Waals surface area contributed by atoms with E-state index in [2.05, 4.69) is 10.6 Å². The molecule has 0 radical (unpaired) electrons. The van der Waals surface area contributed by atoms with E-state index in [1.165, 1.54) is 0 Å². The molecule has 1 atom stereocenters. The molecule has 1 heterocycles. The molecule has 1 aliphatic heterocycles. The summed E-state index contributed by atoms with van der Waals surface area (Å²) < 4.78 is 0. The lowest BCUT2D eigenvalue weighted by Gasteiger charge is -2.27. The zero-order chi connectivity index (χ0) is 10.6. The van der Waals surface area contributed by atoms with Crippen LogP contribution in [0.5, 0.6) is 0 Å². The Balaban J connectivity index is 2.67. The number of nitrogens with one attached hydrogen (secondary N) is 2. The summed E-state index contributed by atoms with van der Waals surface area (Å²) in [4.78, 5) is 11.5. The normalized spacial score (nSPS) is 21.9. The predicted octanol–water partition coefficient (Wildman–Crippen LogP) is 0.399. The van der Waals surface area contributed by atoms with Crippen molar-refractivity contribution in [1.29, 1.82) is 0 Å². The molecular formula is C9H16N2O2S. The van der Waals surface area contributed by atoms with Gasteiger partial charge in [-0.2, -0.15) is 0 Å². The van der Waals surface area contributed by atoms with Gasteiger partial charge in [0.25, 0.3) is 5.91 Å². The molecule has 0 aromatic heterocycles. The maximum Gasteiger partial charge on any atom is 0.251 e. The third kappa shape index (κ3) is 2.65. The predicted molar refractivity (Wildman–Crippen MR) is 57.6 cm³/mol. The maximum absolute atomic E-state index is 11.5. The van der Waals surface area contributed by atoms with Gasteiger partial charge in [-0.25, -0.2) is 0 Å². The maximum atomic E-state index is 11.5. The van der Waals surface area contributed by atoms with Crippen LogP contribution >= 0.6 is 11.8 Å². The van der Waals surface area contributed by atoms with Crippen LogP contribution in [0.1, 0.15) is 20.3 Å². The molecule has 1 aliphatic rings. The van der Waals surface area contributed by atoms with E-state index in [0.29, 0.717) is 12.0 Å². The number of amides is 1. The smallest absolute Gasteiger partial charge is 0.251 e. The Bertz CT molecular complexity index is 253. The summed E-state index contributed by atoms with van der Waals surface area (Å²) in [5.41, 5.74) is 1.49. The summed E-state index contributed by atoms with van der Waals surface area (Å²) >= 11 is 1.64. The lowest BCUT2D eigenvalue weighted by molar-refractivity contribution is -0.118. The van der Waals surface area contributed by atoms with E-state index in [0.717, 1.165) is 11.4 Å². The molecule has 0 aromatic carbocycles. The number of hydrogen-bond donors (Lipinski definition) is 3. The Hall–Kier alpha value is -0.680. The van der Waals surface area contributed by atoms with E-state index in [1.807, 2.05) is 13.8 Å². The van der Waals surface area contributed by atoms with Gasteiger partial charge in [-0.3, -0.25) is 4.79 Å². The number of carbonyl (C=O) groups excluding carboxylic acids is 1. The highest BCUT2D eigenvalue weighted by atomic mass is 32.2. The van der Waals surface area contributed by atoms with Gasteiger partial charge in [-0.1, -0.05) is 6.92 Å². The monoisotopic (exact) mass is 216 g/mol. The molecule has 14 heavy (non-hydrogen) atoms. The Morgan fingerprint density at radius 3 is 2.71 bits per heavy atom. The number of aliphatic hydroxyl groups excluding tert-OH is 1. The Morgan fingerprint density at radius 1 is 1.50 bits per heavy atom. The average Bonchev–Trinajstić information content (AvgIpc) is 2.12. The van der Waals surface area contributed by atoms with E-state index in [9.17, 15) is 4.79 Å². The Morgan fingerprint density at radius 2 is 2.21 bits per heavy atom. The van der Waals surface area contributed by atoms with Crippen LogP contribution in [0, 0.1) is 0 Å². The molecule has 0 saturated heterocycles. The fourth-order valence-electron chi connectivity index (χ4n) is 1.36. The number of carbonyl (C=O) groups is 1. The van der Waals surface area contributed by atoms with Gasteiger partial charge in [0.1, 0.15) is 5.50 Å². The van der Waals surface area contributed by atoms with Crippen LogP contribution in [-0.2, 0) is 4.79 Å². The largest absolute Gasteiger partial charge is 0.396 e. The lowest BCUT2D eigenvalue weighted by Crippen LogP contribution is -2.48. The minimum Gasteiger partial charge on any atom is -0.396 e. The molecule has 4 nitrogen and oxygen atoms in total. The molecule has 3 N–H and O–H groups in total. The van der Waals surface area contributed by atoms with E-state index < -0.39 is 0 Å². The van der Waals surface area contributed by atoms with E-state index in [-0.39, 0.29) is 18.0 Å². The third-order valence-corrected chi connectivity index (χ3v) is 2.93. The molecule has 0 fully saturated rings. The highest BCUT2D eigenvalue weighted by Crippen LogP contribution is 2.16. The molecule has 0 saturated carbocycles. The SMILES string of the molecule is CCSC1NC(=O)C(CCO)=C(C)N1. The first-order valence-corrected chi connectivity index (χ1v) is 5.73. The first-order chi connectivity index (χ1) is 6.69. The average molecular weight is 216 g/mol. The second-order valence-electron chi connectivity index (χ2n) is 3.03. The summed E-state index contributed by atoms with van der Waals surface area (Å²) in [5.74, 6) is 0.877. The summed E-state index contributed by atoms with van der Waals surface area (Å²) in [6.07, 6.45) is 0.411. The highest BCUT2D eigenvalue weighted by Gasteiger charge is 2.22. The van der Waals surface area contributed by atoms with Crippen LogP contribution in [0.4, 0.5) is 0 Å².